The minimum Gasteiger partial charge on any atom is -0.393 e. The number of benzene rings is 2. The SMILES string of the molecule is O=C(Nc1ccc(F)c(F)c1)c1ccc(Cl)c(S(=O)(=O)C2C3CC[C@H]2CC(O)(CO)C3)c1. The van der Waals surface area contributed by atoms with Gasteiger partial charge in [0.15, 0.2) is 21.5 Å². The fraction of sp³-hybridized carbons (Fsp3) is 0.409. The fourth-order valence-electron chi connectivity index (χ4n) is 5.06. The molecule has 2 aliphatic rings. The van der Waals surface area contributed by atoms with Gasteiger partial charge in [0, 0.05) is 17.3 Å². The number of sulfone groups is 1. The number of fused-ring (bicyclic) bond motifs is 2. The Kier molecular flexibility index (Phi) is 6.04. The maximum atomic E-state index is 13.5. The molecule has 0 aromatic heterocycles. The molecule has 3 unspecified atom stereocenters. The molecule has 3 N–H and O–H groups in total. The monoisotopic (exact) mass is 485 g/mol. The van der Waals surface area contributed by atoms with E-state index >= 15 is 0 Å². The zero-order chi connectivity index (χ0) is 23.3. The molecule has 4 rings (SSSR count). The highest BCUT2D eigenvalue weighted by molar-refractivity contribution is 7.92. The standard InChI is InChI=1S/C22H22ClF2NO5S/c23-16-5-3-12(21(28)26-15-4-6-17(24)18(25)8-15)7-19(16)32(30,31)20-13-1-2-14(20)10-22(29,9-13)11-27/h3-8,13-14,20,27,29H,1-2,9-11H2,(H,26,28)/t13-,14?,20?,22?/m0/s1. The summed E-state index contributed by atoms with van der Waals surface area (Å²) in [6, 6.07) is 6.71. The maximum absolute atomic E-state index is 13.5. The zero-order valence-electron chi connectivity index (χ0n) is 16.9. The summed E-state index contributed by atoms with van der Waals surface area (Å²) in [5.74, 6) is -3.54. The van der Waals surface area contributed by atoms with Crippen LogP contribution in [0.5, 0.6) is 0 Å². The van der Waals surface area contributed by atoms with Gasteiger partial charge in [0.2, 0.25) is 0 Å². The van der Waals surface area contributed by atoms with Crippen molar-refractivity contribution in [3.63, 3.8) is 0 Å². The van der Waals surface area contributed by atoms with Gasteiger partial charge in [-0.25, -0.2) is 17.2 Å². The Hall–Kier alpha value is -2.07. The predicted molar refractivity (Wildman–Crippen MR) is 114 cm³/mol. The Bertz CT molecular complexity index is 1160. The summed E-state index contributed by atoms with van der Waals surface area (Å²) in [5.41, 5.74) is -1.28. The van der Waals surface area contributed by atoms with Crippen molar-refractivity contribution in [2.75, 3.05) is 11.9 Å². The number of aliphatic hydroxyl groups is 2. The molecule has 2 bridgehead atoms. The molecule has 0 saturated heterocycles. The molecule has 32 heavy (non-hydrogen) atoms. The molecule has 2 aromatic carbocycles. The topological polar surface area (TPSA) is 104 Å². The highest BCUT2D eigenvalue weighted by Gasteiger charge is 2.54. The Morgan fingerprint density at radius 1 is 1.09 bits per heavy atom. The average Bonchev–Trinajstić information content (AvgIpc) is 3.04. The summed E-state index contributed by atoms with van der Waals surface area (Å²) in [5, 5.41) is 21.6. The van der Waals surface area contributed by atoms with Crippen molar-refractivity contribution in [3.05, 3.63) is 58.6 Å². The van der Waals surface area contributed by atoms with Gasteiger partial charge in [0.1, 0.15) is 0 Å². The molecule has 2 aromatic rings. The highest BCUT2D eigenvalue weighted by Crippen LogP contribution is 2.51. The number of rotatable bonds is 5. The van der Waals surface area contributed by atoms with Crippen LogP contribution < -0.4 is 5.32 Å². The van der Waals surface area contributed by atoms with Crippen LogP contribution in [0.3, 0.4) is 0 Å². The average molecular weight is 486 g/mol. The lowest BCUT2D eigenvalue weighted by molar-refractivity contribution is -0.0597. The molecule has 0 aliphatic heterocycles. The van der Waals surface area contributed by atoms with Crippen molar-refractivity contribution in [1.82, 2.24) is 0 Å². The first kappa shape index (κ1) is 23.1. The lowest BCUT2D eigenvalue weighted by Crippen LogP contribution is -2.48. The molecule has 2 saturated carbocycles. The number of nitrogens with one attached hydrogen (secondary N) is 1. The predicted octanol–water partition coefficient (Wildman–Crippen LogP) is 3.56. The largest absolute Gasteiger partial charge is 0.393 e. The molecule has 0 spiro atoms. The van der Waals surface area contributed by atoms with E-state index in [0.29, 0.717) is 12.8 Å². The molecule has 2 aliphatic carbocycles. The van der Waals surface area contributed by atoms with Gasteiger partial charge in [-0.3, -0.25) is 4.79 Å². The Labute approximate surface area is 189 Å². The lowest BCUT2D eigenvalue weighted by Gasteiger charge is -2.39. The van der Waals surface area contributed by atoms with Crippen LogP contribution in [-0.2, 0) is 9.84 Å². The normalized spacial score (nSPS) is 27.3. The molecule has 4 atom stereocenters. The number of aliphatic hydroxyl groups excluding tert-OH is 1. The van der Waals surface area contributed by atoms with Crippen LogP contribution in [0.4, 0.5) is 14.5 Å². The van der Waals surface area contributed by atoms with Crippen LogP contribution in [0.15, 0.2) is 41.3 Å². The summed E-state index contributed by atoms with van der Waals surface area (Å²) < 4.78 is 53.6. The van der Waals surface area contributed by atoms with Crippen LogP contribution in [-0.4, -0.2) is 42.0 Å². The van der Waals surface area contributed by atoms with Crippen LogP contribution >= 0.6 is 11.6 Å². The van der Waals surface area contributed by atoms with Crippen LogP contribution in [0.2, 0.25) is 5.02 Å². The lowest BCUT2D eigenvalue weighted by atomic mass is 9.77. The number of amides is 1. The van der Waals surface area contributed by atoms with Crippen LogP contribution in [0.25, 0.3) is 0 Å². The van der Waals surface area contributed by atoms with Gasteiger partial charge in [-0.1, -0.05) is 11.6 Å². The quantitative estimate of drug-likeness (QED) is 0.601. The van der Waals surface area contributed by atoms with E-state index in [1.54, 1.807) is 0 Å². The molecule has 172 valence electrons. The highest BCUT2D eigenvalue weighted by atomic mass is 35.5. The molecule has 6 nitrogen and oxygen atoms in total. The Balaban J connectivity index is 1.62. The Morgan fingerprint density at radius 2 is 1.75 bits per heavy atom. The van der Waals surface area contributed by atoms with Gasteiger partial charge in [-0.05, 0) is 67.9 Å². The van der Waals surface area contributed by atoms with E-state index in [1.807, 2.05) is 0 Å². The molecule has 0 radical (unpaired) electrons. The second kappa shape index (κ2) is 8.37. The second-order valence-electron chi connectivity index (χ2n) is 8.63. The third-order valence-electron chi connectivity index (χ3n) is 6.45. The van der Waals surface area contributed by atoms with Crippen molar-refractivity contribution in [1.29, 1.82) is 0 Å². The van der Waals surface area contributed by atoms with E-state index in [1.165, 1.54) is 24.3 Å². The van der Waals surface area contributed by atoms with Gasteiger partial charge in [-0.15, -0.1) is 0 Å². The first-order valence-corrected chi connectivity index (χ1v) is 12.1. The molecular formula is C22H22ClF2NO5S. The van der Waals surface area contributed by atoms with Gasteiger partial charge in [-0.2, -0.15) is 0 Å². The van der Waals surface area contributed by atoms with E-state index in [9.17, 15) is 32.2 Å². The zero-order valence-corrected chi connectivity index (χ0v) is 18.5. The molecule has 2 fully saturated rings. The van der Waals surface area contributed by atoms with E-state index in [4.69, 9.17) is 11.6 Å². The Morgan fingerprint density at radius 3 is 2.34 bits per heavy atom. The van der Waals surface area contributed by atoms with Crippen molar-refractivity contribution >= 4 is 33.0 Å². The van der Waals surface area contributed by atoms with Crippen molar-refractivity contribution < 1.29 is 32.2 Å². The third kappa shape index (κ3) is 4.14. The number of halogens is 3. The van der Waals surface area contributed by atoms with Gasteiger partial charge >= 0.3 is 0 Å². The van der Waals surface area contributed by atoms with Crippen molar-refractivity contribution in [2.45, 2.75) is 41.4 Å². The number of hydrogen-bond acceptors (Lipinski definition) is 5. The third-order valence-corrected chi connectivity index (χ3v) is 9.33. The number of carbonyl (C=O) groups is 1. The first-order chi connectivity index (χ1) is 15.0. The summed E-state index contributed by atoms with van der Waals surface area (Å²) >= 11 is 6.21. The molecule has 10 heteroatoms. The fourth-order valence-corrected chi connectivity index (χ4v) is 7.90. The van der Waals surface area contributed by atoms with Crippen LogP contribution in [0.1, 0.15) is 36.0 Å². The first-order valence-electron chi connectivity index (χ1n) is 10.2. The van der Waals surface area contributed by atoms with Crippen LogP contribution in [0, 0.1) is 23.5 Å². The number of carbonyl (C=O) groups excluding carboxylic acids is 1. The van der Waals surface area contributed by atoms with E-state index in [2.05, 4.69) is 5.32 Å². The summed E-state index contributed by atoms with van der Waals surface area (Å²) in [6.07, 6.45) is 1.59. The minimum absolute atomic E-state index is 0.00673. The van der Waals surface area contributed by atoms with Crippen molar-refractivity contribution in [2.24, 2.45) is 11.8 Å². The van der Waals surface area contributed by atoms with E-state index in [0.717, 1.165) is 12.1 Å². The van der Waals surface area contributed by atoms with E-state index < -0.39 is 44.8 Å². The molecule has 0 heterocycles. The number of anilines is 1. The smallest absolute Gasteiger partial charge is 0.255 e. The molecular weight excluding hydrogens is 464 g/mol. The molecule has 1 amide bonds. The summed E-state index contributed by atoms with van der Waals surface area (Å²) in [4.78, 5) is 12.4. The van der Waals surface area contributed by atoms with Gasteiger partial charge in [0.05, 0.1) is 27.4 Å². The maximum Gasteiger partial charge on any atom is 0.255 e. The van der Waals surface area contributed by atoms with Crippen molar-refractivity contribution in [3.8, 4) is 0 Å². The van der Waals surface area contributed by atoms with Gasteiger partial charge in [0.25, 0.3) is 5.91 Å². The minimum atomic E-state index is -3.94. The second-order valence-corrected chi connectivity index (χ2v) is 11.1. The summed E-state index contributed by atoms with van der Waals surface area (Å²) in [7, 11) is -3.94. The number of hydrogen-bond donors (Lipinski definition) is 3. The van der Waals surface area contributed by atoms with E-state index in [-0.39, 0.29) is 45.8 Å². The van der Waals surface area contributed by atoms with Gasteiger partial charge < -0.3 is 15.5 Å². The summed E-state index contributed by atoms with van der Waals surface area (Å²) in [6.45, 7) is -0.423.